The van der Waals surface area contributed by atoms with Crippen molar-refractivity contribution in [1.29, 1.82) is 0 Å². The highest BCUT2D eigenvalue weighted by molar-refractivity contribution is 5.82. The Hall–Kier alpha value is -3.20. The molecule has 0 spiro atoms. The standard InChI is InChI=1S/C17H18N8O/c18-17(15-21-10-3-1-2-4-11(10)22-15)5-7-25(8-6-17)14-12-13(19-9-20-14)24-16(26)23-12/h1-4,9H,5-8,18H2,(H,21,22)(H2,19,20,23,24,26). The molecule has 4 aromatic rings. The lowest BCUT2D eigenvalue weighted by atomic mass is 9.88. The Bertz CT molecular complexity index is 1120. The molecule has 5 N–H and O–H groups in total. The molecular formula is C17H18N8O. The average molecular weight is 350 g/mol. The van der Waals surface area contributed by atoms with Gasteiger partial charge in [-0.15, -0.1) is 0 Å². The summed E-state index contributed by atoms with van der Waals surface area (Å²) in [6.45, 7) is 1.43. The van der Waals surface area contributed by atoms with Gasteiger partial charge in [-0.05, 0) is 25.0 Å². The zero-order valence-corrected chi connectivity index (χ0v) is 14.0. The van der Waals surface area contributed by atoms with Gasteiger partial charge >= 0.3 is 5.69 Å². The fraction of sp³-hybridized carbons (Fsp3) is 0.294. The number of aromatic amines is 3. The van der Waals surface area contributed by atoms with E-state index in [-0.39, 0.29) is 5.69 Å². The van der Waals surface area contributed by atoms with Crippen molar-refractivity contribution in [3.8, 4) is 0 Å². The molecule has 1 aromatic carbocycles. The summed E-state index contributed by atoms with van der Waals surface area (Å²) in [5.41, 5.74) is 8.97. The van der Waals surface area contributed by atoms with Gasteiger partial charge < -0.3 is 20.6 Å². The Balaban J connectivity index is 1.43. The minimum atomic E-state index is -0.507. The SMILES string of the molecule is NC1(c2nc3ccccc3[nH]2)CCN(c2ncnc3[nH]c(=O)[nH]c23)CC1. The van der Waals surface area contributed by atoms with E-state index in [1.54, 1.807) is 0 Å². The van der Waals surface area contributed by atoms with Crippen molar-refractivity contribution in [2.45, 2.75) is 18.4 Å². The molecule has 1 aliphatic rings. The van der Waals surface area contributed by atoms with Gasteiger partial charge in [-0.1, -0.05) is 12.1 Å². The molecule has 0 bridgehead atoms. The van der Waals surface area contributed by atoms with E-state index >= 15 is 0 Å². The molecule has 26 heavy (non-hydrogen) atoms. The third-order valence-corrected chi connectivity index (χ3v) is 5.11. The second-order valence-electron chi connectivity index (χ2n) is 6.75. The molecule has 1 aliphatic heterocycles. The predicted molar refractivity (Wildman–Crippen MR) is 97.9 cm³/mol. The summed E-state index contributed by atoms with van der Waals surface area (Å²) in [6, 6.07) is 7.93. The Morgan fingerprint density at radius 2 is 1.88 bits per heavy atom. The van der Waals surface area contributed by atoms with Gasteiger partial charge in [0.1, 0.15) is 17.7 Å². The van der Waals surface area contributed by atoms with E-state index in [1.165, 1.54) is 6.33 Å². The Labute approximate surface area is 147 Å². The molecule has 132 valence electrons. The van der Waals surface area contributed by atoms with Crippen LogP contribution in [-0.2, 0) is 5.54 Å². The van der Waals surface area contributed by atoms with Crippen molar-refractivity contribution in [3.63, 3.8) is 0 Å². The maximum Gasteiger partial charge on any atom is 0.325 e. The lowest BCUT2D eigenvalue weighted by Gasteiger charge is -2.38. The first-order valence-corrected chi connectivity index (χ1v) is 8.54. The number of piperidine rings is 1. The van der Waals surface area contributed by atoms with Crippen molar-refractivity contribution in [3.05, 3.63) is 46.9 Å². The van der Waals surface area contributed by atoms with Gasteiger partial charge in [-0.2, -0.15) is 0 Å². The number of imidazole rings is 2. The summed E-state index contributed by atoms with van der Waals surface area (Å²) in [7, 11) is 0. The third kappa shape index (κ3) is 2.28. The summed E-state index contributed by atoms with van der Waals surface area (Å²) >= 11 is 0. The van der Waals surface area contributed by atoms with Crippen molar-refractivity contribution >= 4 is 28.0 Å². The molecule has 0 saturated carbocycles. The molecule has 0 aliphatic carbocycles. The minimum absolute atomic E-state index is 0.283. The molecule has 0 atom stereocenters. The second kappa shape index (κ2) is 5.40. The first-order valence-electron chi connectivity index (χ1n) is 8.54. The van der Waals surface area contributed by atoms with E-state index in [0.717, 1.165) is 35.5 Å². The number of nitrogens with zero attached hydrogens (tertiary/aromatic N) is 4. The van der Waals surface area contributed by atoms with Crippen molar-refractivity contribution in [2.24, 2.45) is 5.73 Å². The van der Waals surface area contributed by atoms with Gasteiger partial charge in [0.2, 0.25) is 0 Å². The monoisotopic (exact) mass is 350 g/mol. The summed E-state index contributed by atoms with van der Waals surface area (Å²) in [6.07, 6.45) is 2.92. The third-order valence-electron chi connectivity index (χ3n) is 5.11. The lowest BCUT2D eigenvalue weighted by Crippen LogP contribution is -2.49. The zero-order chi connectivity index (χ0) is 17.7. The van der Waals surface area contributed by atoms with E-state index in [0.29, 0.717) is 24.3 Å². The van der Waals surface area contributed by atoms with Crippen molar-refractivity contribution in [2.75, 3.05) is 18.0 Å². The molecule has 1 fully saturated rings. The molecule has 0 amide bonds. The number of hydrogen-bond acceptors (Lipinski definition) is 6. The van der Waals surface area contributed by atoms with Crippen LogP contribution in [0.5, 0.6) is 0 Å². The van der Waals surface area contributed by atoms with E-state index < -0.39 is 5.54 Å². The highest BCUT2D eigenvalue weighted by Crippen LogP contribution is 2.32. The maximum atomic E-state index is 11.6. The molecule has 3 aromatic heterocycles. The minimum Gasteiger partial charge on any atom is -0.355 e. The van der Waals surface area contributed by atoms with Gasteiger partial charge in [0.05, 0.1) is 16.6 Å². The summed E-state index contributed by atoms with van der Waals surface area (Å²) in [5, 5.41) is 0. The quantitative estimate of drug-likeness (QED) is 0.426. The van der Waals surface area contributed by atoms with E-state index in [9.17, 15) is 4.79 Å². The fourth-order valence-corrected chi connectivity index (χ4v) is 3.62. The summed E-state index contributed by atoms with van der Waals surface area (Å²) in [5.74, 6) is 1.54. The first kappa shape index (κ1) is 15.1. The highest BCUT2D eigenvalue weighted by Gasteiger charge is 2.36. The van der Waals surface area contributed by atoms with Gasteiger partial charge in [-0.25, -0.2) is 19.7 Å². The number of anilines is 1. The zero-order valence-electron chi connectivity index (χ0n) is 14.0. The van der Waals surface area contributed by atoms with E-state index in [4.69, 9.17) is 5.73 Å². The molecule has 0 radical (unpaired) electrons. The van der Waals surface area contributed by atoms with Crippen LogP contribution in [0, 0.1) is 0 Å². The van der Waals surface area contributed by atoms with Crippen molar-refractivity contribution < 1.29 is 0 Å². The number of hydrogen-bond donors (Lipinski definition) is 4. The number of para-hydroxylation sites is 2. The number of nitrogens with one attached hydrogen (secondary N) is 3. The smallest absolute Gasteiger partial charge is 0.325 e. The summed E-state index contributed by atoms with van der Waals surface area (Å²) in [4.78, 5) is 35.6. The van der Waals surface area contributed by atoms with E-state index in [2.05, 4.69) is 34.8 Å². The van der Waals surface area contributed by atoms with Crippen LogP contribution in [-0.4, -0.2) is 43.0 Å². The molecule has 1 saturated heterocycles. The number of fused-ring (bicyclic) bond motifs is 2. The van der Waals surface area contributed by atoms with Crippen molar-refractivity contribution in [1.82, 2.24) is 29.9 Å². The number of rotatable bonds is 2. The average Bonchev–Trinajstić information content (AvgIpc) is 3.25. The number of benzene rings is 1. The maximum absolute atomic E-state index is 11.6. The number of nitrogens with two attached hydrogens (primary N) is 1. The highest BCUT2D eigenvalue weighted by atomic mass is 16.1. The van der Waals surface area contributed by atoms with Gasteiger partial charge in [-0.3, -0.25) is 4.98 Å². The van der Waals surface area contributed by atoms with Gasteiger partial charge in [0.25, 0.3) is 0 Å². The van der Waals surface area contributed by atoms with Crippen LogP contribution in [0.4, 0.5) is 5.82 Å². The molecule has 4 heterocycles. The van der Waals surface area contributed by atoms with Gasteiger partial charge in [0.15, 0.2) is 11.5 Å². The fourth-order valence-electron chi connectivity index (χ4n) is 3.62. The van der Waals surface area contributed by atoms with Crippen LogP contribution in [0.1, 0.15) is 18.7 Å². The molecule has 5 rings (SSSR count). The van der Waals surface area contributed by atoms with Crippen LogP contribution in [0.25, 0.3) is 22.2 Å². The molecular weight excluding hydrogens is 332 g/mol. The largest absolute Gasteiger partial charge is 0.355 e. The predicted octanol–water partition coefficient (Wildman–Crippen LogP) is 0.977. The lowest BCUT2D eigenvalue weighted by molar-refractivity contribution is 0.326. The first-order chi connectivity index (χ1) is 12.6. The topological polar surface area (TPSA) is 132 Å². The Kier molecular flexibility index (Phi) is 3.13. The van der Waals surface area contributed by atoms with Crippen LogP contribution in [0.3, 0.4) is 0 Å². The normalized spacial score (nSPS) is 17.2. The Morgan fingerprint density at radius 1 is 1.08 bits per heavy atom. The summed E-state index contributed by atoms with van der Waals surface area (Å²) < 4.78 is 0. The molecule has 9 heteroatoms. The van der Waals surface area contributed by atoms with Crippen LogP contribution in [0.15, 0.2) is 35.4 Å². The van der Waals surface area contributed by atoms with Crippen LogP contribution < -0.4 is 16.3 Å². The van der Waals surface area contributed by atoms with Crippen LogP contribution >= 0.6 is 0 Å². The van der Waals surface area contributed by atoms with Gasteiger partial charge in [0, 0.05) is 13.1 Å². The Morgan fingerprint density at radius 3 is 2.69 bits per heavy atom. The second-order valence-corrected chi connectivity index (χ2v) is 6.75. The number of aromatic nitrogens is 6. The van der Waals surface area contributed by atoms with E-state index in [1.807, 2.05) is 24.3 Å². The van der Waals surface area contributed by atoms with Crippen LogP contribution in [0.2, 0.25) is 0 Å². The number of H-pyrrole nitrogens is 3. The molecule has 9 nitrogen and oxygen atoms in total. The molecule has 0 unspecified atom stereocenters.